The summed E-state index contributed by atoms with van der Waals surface area (Å²) in [7, 11) is 0. The van der Waals surface area contributed by atoms with Gasteiger partial charge in [0.15, 0.2) is 0 Å². The van der Waals surface area contributed by atoms with Crippen LogP contribution in [0.3, 0.4) is 0 Å². The smallest absolute Gasteiger partial charge is 0.407 e. The van der Waals surface area contributed by atoms with Gasteiger partial charge in [-0.05, 0) is 17.5 Å². The first-order valence-corrected chi connectivity index (χ1v) is 6.72. The van der Waals surface area contributed by atoms with Gasteiger partial charge >= 0.3 is 6.09 Å². The zero-order valence-electron chi connectivity index (χ0n) is 10.00. The number of hydrogen-bond acceptors (Lipinski definition) is 3. The Morgan fingerprint density at radius 3 is 2.74 bits per heavy atom. The third-order valence-corrected chi connectivity index (χ3v) is 4.25. The van der Waals surface area contributed by atoms with Crippen molar-refractivity contribution >= 4 is 33.4 Å². The Bertz CT molecular complexity index is 613. The van der Waals surface area contributed by atoms with Gasteiger partial charge in [0, 0.05) is 17.8 Å². The Kier molecular flexibility index (Phi) is 2.87. The van der Waals surface area contributed by atoms with Crippen LogP contribution in [0, 0.1) is 0 Å². The molecule has 5 nitrogen and oxygen atoms in total. The molecule has 0 spiro atoms. The van der Waals surface area contributed by atoms with E-state index in [0.717, 1.165) is 10.1 Å². The zero-order valence-corrected chi connectivity index (χ0v) is 10.8. The first-order chi connectivity index (χ1) is 9.13. The van der Waals surface area contributed by atoms with Gasteiger partial charge in [0.2, 0.25) is 0 Å². The van der Waals surface area contributed by atoms with Crippen LogP contribution in [0.25, 0.3) is 10.1 Å². The zero-order chi connectivity index (χ0) is 13.4. The van der Waals surface area contributed by atoms with Crippen molar-refractivity contribution in [3.8, 4) is 0 Å². The second-order valence-corrected chi connectivity index (χ2v) is 5.59. The molecule has 1 fully saturated rings. The molecule has 3 rings (SSSR count). The van der Waals surface area contributed by atoms with Crippen molar-refractivity contribution < 1.29 is 14.7 Å². The standard InChI is InChI=1S/C13H12N2O3S/c16-12(14-9-6-15(7-9)13(17)18)11-5-8-3-1-2-4-10(8)19-11/h1-5,9H,6-7H2,(H,14,16)(H,17,18). The molecule has 19 heavy (non-hydrogen) atoms. The van der Waals surface area contributed by atoms with E-state index in [1.54, 1.807) is 0 Å². The molecule has 6 heteroatoms. The number of hydrogen-bond donors (Lipinski definition) is 2. The fourth-order valence-corrected chi connectivity index (χ4v) is 3.04. The van der Waals surface area contributed by atoms with Gasteiger partial charge in [0.1, 0.15) is 0 Å². The molecule has 1 aromatic carbocycles. The fraction of sp³-hybridized carbons (Fsp3) is 0.231. The van der Waals surface area contributed by atoms with Crippen molar-refractivity contribution in [1.29, 1.82) is 0 Å². The number of nitrogens with zero attached hydrogens (tertiary/aromatic N) is 1. The Morgan fingerprint density at radius 1 is 1.32 bits per heavy atom. The Labute approximate surface area is 113 Å². The highest BCUT2D eigenvalue weighted by Gasteiger charge is 2.31. The molecule has 0 unspecified atom stereocenters. The maximum absolute atomic E-state index is 12.0. The van der Waals surface area contributed by atoms with Crippen molar-refractivity contribution in [2.45, 2.75) is 6.04 Å². The highest BCUT2D eigenvalue weighted by molar-refractivity contribution is 7.20. The summed E-state index contributed by atoms with van der Waals surface area (Å²) in [5.41, 5.74) is 0. The summed E-state index contributed by atoms with van der Waals surface area (Å²) < 4.78 is 1.08. The van der Waals surface area contributed by atoms with Crippen LogP contribution in [0.4, 0.5) is 4.79 Å². The molecule has 1 saturated heterocycles. The van der Waals surface area contributed by atoms with Crippen LogP contribution in [0.2, 0.25) is 0 Å². The van der Waals surface area contributed by atoms with E-state index in [9.17, 15) is 9.59 Å². The van der Waals surface area contributed by atoms with Gasteiger partial charge in [-0.15, -0.1) is 11.3 Å². The molecule has 98 valence electrons. The average Bonchev–Trinajstić information content (AvgIpc) is 2.76. The summed E-state index contributed by atoms with van der Waals surface area (Å²) in [6.07, 6.45) is -0.938. The lowest BCUT2D eigenvalue weighted by Crippen LogP contribution is -2.60. The van der Waals surface area contributed by atoms with Crippen molar-refractivity contribution in [2.24, 2.45) is 0 Å². The van der Waals surface area contributed by atoms with Crippen molar-refractivity contribution in [3.63, 3.8) is 0 Å². The third-order valence-electron chi connectivity index (χ3n) is 3.14. The molecule has 0 saturated carbocycles. The second kappa shape index (κ2) is 4.55. The van der Waals surface area contributed by atoms with E-state index in [0.29, 0.717) is 18.0 Å². The maximum atomic E-state index is 12.0. The number of carbonyl (C=O) groups excluding carboxylic acids is 1. The quantitative estimate of drug-likeness (QED) is 0.881. The summed E-state index contributed by atoms with van der Waals surface area (Å²) >= 11 is 1.45. The minimum absolute atomic E-state index is 0.0752. The first kappa shape index (κ1) is 12.0. The van der Waals surface area contributed by atoms with Crippen LogP contribution < -0.4 is 5.32 Å². The Balaban J connectivity index is 1.66. The van der Waals surface area contributed by atoms with Crippen molar-refractivity contribution in [3.05, 3.63) is 35.2 Å². The van der Waals surface area contributed by atoms with Crippen LogP contribution in [-0.2, 0) is 0 Å². The van der Waals surface area contributed by atoms with E-state index in [-0.39, 0.29) is 11.9 Å². The summed E-state index contributed by atoms with van der Waals surface area (Å²) in [6, 6.07) is 9.62. The van der Waals surface area contributed by atoms with Gasteiger partial charge < -0.3 is 15.3 Å². The molecule has 2 heterocycles. The molecule has 0 aliphatic carbocycles. The highest BCUT2D eigenvalue weighted by atomic mass is 32.1. The normalized spacial score (nSPS) is 15.3. The van der Waals surface area contributed by atoms with Gasteiger partial charge in [-0.3, -0.25) is 4.79 Å². The lowest BCUT2D eigenvalue weighted by molar-refractivity contribution is 0.0771. The number of carbonyl (C=O) groups is 2. The lowest BCUT2D eigenvalue weighted by atomic mass is 10.1. The summed E-state index contributed by atoms with van der Waals surface area (Å²) in [5.74, 6) is -0.128. The van der Waals surface area contributed by atoms with E-state index in [1.807, 2.05) is 30.3 Å². The summed E-state index contributed by atoms with van der Waals surface area (Å²) in [4.78, 5) is 24.6. The van der Waals surface area contributed by atoms with Crippen LogP contribution in [0.15, 0.2) is 30.3 Å². The number of likely N-dealkylation sites (tertiary alicyclic amines) is 1. The first-order valence-electron chi connectivity index (χ1n) is 5.91. The molecule has 1 aliphatic heterocycles. The van der Waals surface area contributed by atoms with Gasteiger partial charge in [0.25, 0.3) is 5.91 Å². The Hall–Kier alpha value is -2.08. The van der Waals surface area contributed by atoms with E-state index in [4.69, 9.17) is 5.11 Å². The van der Waals surface area contributed by atoms with Crippen LogP contribution >= 0.6 is 11.3 Å². The number of carboxylic acid groups (broad SMARTS) is 1. The fourth-order valence-electron chi connectivity index (χ4n) is 2.08. The number of fused-ring (bicyclic) bond motifs is 1. The molecule has 1 aliphatic rings. The van der Waals surface area contributed by atoms with Crippen molar-refractivity contribution in [1.82, 2.24) is 10.2 Å². The Morgan fingerprint density at radius 2 is 2.05 bits per heavy atom. The van der Waals surface area contributed by atoms with E-state index in [1.165, 1.54) is 16.2 Å². The van der Waals surface area contributed by atoms with Crippen LogP contribution in [-0.4, -0.2) is 41.1 Å². The number of rotatable bonds is 2. The number of thiophene rings is 1. The molecule has 0 radical (unpaired) electrons. The molecular formula is C13H12N2O3S. The maximum Gasteiger partial charge on any atom is 0.407 e. The molecule has 2 N–H and O–H groups in total. The van der Waals surface area contributed by atoms with Crippen LogP contribution in [0.5, 0.6) is 0 Å². The molecule has 1 aromatic heterocycles. The average molecular weight is 276 g/mol. The van der Waals surface area contributed by atoms with E-state index < -0.39 is 6.09 Å². The molecule has 0 atom stereocenters. The second-order valence-electron chi connectivity index (χ2n) is 4.51. The van der Waals surface area contributed by atoms with Crippen molar-refractivity contribution in [2.75, 3.05) is 13.1 Å². The van der Waals surface area contributed by atoms with E-state index in [2.05, 4.69) is 5.32 Å². The predicted molar refractivity (Wildman–Crippen MR) is 72.7 cm³/mol. The topological polar surface area (TPSA) is 69.6 Å². The van der Waals surface area contributed by atoms with Gasteiger partial charge in [0.05, 0.1) is 10.9 Å². The molecular weight excluding hydrogens is 264 g/mol. The number of benzene rings is 1. The minimum Gasteiger partial charge on any atom is -0.465 e. The summed E-state index contributed by atoms with van der Waals surface area (Å²) in [5, 5.41) is 12.6. The number of nitrogens with one attached hydrogen (secondary N) is 1. The van der Waals surface area contributed by atoms with Gasteiger partial charge in [-0.2, -0.15) is 0 Å². The molecule has 2 aromatic rings. The SMILES string of the molecule is O=C(NC1CN(C(=O)O)C1)c1cc2ccccc2s1. The minimum atomic E-state index is -0.938. The van der Waals surface area contributed by atoms with E-state index >= 15 is 0 Å². The largest absolute Gasteiger partial charge is 0.465 e. The van der Waals surface area contributed by atoms with Crippen LogP contribution in [0.1, 0.15) is 9.67 Å². The van der Waals surface area contributed by atoms with Gasteiger partial charge in [-0.25, -0.2) is 4.79 Å². The lowest BCUT2D eigenvalue weighted by Gasteiger charge is -2.37. The predicted octanol–water partition coefficient (Wildman–Crippen LogP) is 1.99. The molecule has 2 amide bonds. The third kappa shape index (κ3) is 2.26. The molecule has 0 bridgehead atoms. The monoisotopic (exact) mass is 276 g/mol. The summed E-state index contributed by atoms with van der Waals surface area (Å²) in [6.45, 7) is 0.734. The highest BCUT2D eigenvalue weighted by Crippen LogP contribution is 2.25. The van der Waals surface area contributed by atoms with Gasteiger partial charge in [-0.1, -0.05) is 18.2 Å². The number of amides is 2.